The average molecular weight is 205 g/mol. The van der Waals surface area contributed by atoms with Crippen molar-refractivity contribution in [3.8, 4) is 0 Å². The molecule has 0 aromatic rings. The van der Waals surface area contributed by atoms with Crippen molar-refractivity contribution in [2.45, 2.75) is 32.7 Å². The van der Waals surface area contributed by atoms with Gasteiger partial charge in [-0.2, -0.15) is 11.8 Å². The third-order valence-electron chi connectivity index (χ3n) is 1.84. The standard InChI is InChI=1S/C10H23NOS/c1-4-7-12-8-6-11-10(2)5-9-13-3/h10-11H,4-9H2,1-3H3. The van der Waals surface area contributed by atoms with Crippen molar-refractivity contribution in [1.82, 2.24) is 5.32 Å². The normalized spacial score (nSPS) is 13.2. The summed E-state index contributed by atoms with van der Waals surface area (Å²) in [5.41, 5.74) is 0. The predicted octanol–water partition coefficient (Wildman–Crippen LogP) is 2.14. The number of ether oxygens (including phenoxy) is 1. The zero-order chi connectivity index (χ0) is 9.94. The molecule has 13 heavy (non-hydrogen) atoms. The van der Waals surface area contributed by atoms with Crippen LogP contribution in [0.3, 0.4) is 0 Å². The summed E-state index contributed by atoms with van der Waals surface area (Å²) in [6.45, 7) is 7.08. The number of rotatable bonds is 9. The van der Waals surface area contributed by atoms with Crippen LogP contribution in [0.15, 0.2) is 0 Å². The molecule has 0 aliphatic heterocycles. The molecule has 0 aromatic carbocycles. The lowest BCUT2D eigenvalue weighted by Crippen LogP contribution is -2.29. The Hall–Kier alpha value is 0.270. The fourth-order valence-electron chi connectivity index (χ4n) is 1.02. The number of nitrogens with one attached hydrogen (secondary N) is 1. The lowest BCUT2D eigenvalue weighted by Gasteiger charge is -2.12. The third-order valence-corrected chi connectivity index (χ3v) is 2.49. The van der Waals surface area contributed by atoms with Gasteiger partial charge in [0.1, 0.15) is 0 Å². The molecular weight excluding hydrogens is 182 g/mol. The first-order valence-corrected chi connectivity index (χ1v) is 6.50. The Labute approximate surface area is 86.8 Å². The minimum atomic E-state index is 0.623. The largest absolute Gasteiger partial charge is 0.380 e. The van der Waals surface area contributed by atoms with E-state index in [1.54, 1.807) is 0 Å². The molecule has 0 bridgehead atoms. The van der Waals surface area contributed by atoms with E-state index in [2.05, 4.69) is 25.4 Å². The molecule has 0 rings (SSSR count). The molecular formula is C10H23NOS. The zero-order valence-electron chi connectivity index (χ0n) is 9.14. The van der Waals surface area contributed by atoms with Crippen molar-refractivity contribution < 1.29 is 4.74 Å². The van der Waals surface area contributed by atoms with Crippen LogP contribution in [0.1, 0.15) is 26.7 Å². The second-order valence-corrected chi connectivity index (χ2v) is 4.23. The van der Waals surface area contributed by atoms with Gasteiger partial charge in [0.15, 0.2) is 0 Å². The summed E-state index contributed by atoms with van der Waals surface area (Å²) >= 11 is 1.91. The van der Waals surface area contributed by atoms with Crippen LogP contribution in [0.5, 0.6) is 0 Å². The molecule has 0 spiro atoms. The maximum atomic E-state index is 5.37. The van der Waals surface area contributed by atoms with Crippen LogP contribution in [0.4, 0.5) is 0 Å². The maximum absolute atomic E-state index is 5.37. The summed E-state index contributed by atoms with van der Waals surface area (Å²) in [4.78, 5) is 0. The van der Waals surface area contributed by atoms with Gasteiger partial charge >= 0.3 is 0 Å². The van der Waals surface area contributed by atoms with E-state index in [1.807, 2.05) is 11.8 Å². The second kappa shape index (κ2) is 10.4. The van der Waals surface area contributed by atoms with E-state index in [4.69, 9.17) is 4.74 Å². The van der Waals surface area contributed by atoms with Gasteiger partial charge < -0.3 is 10.1 Å². The van der Waals surface area contributed by atoms with Crippen molar-refractivity contribution in [1.29, 1.82) is 0 Å². The molecule has 0 fully saturated rings. The first-order chi connectivity index (χ1) is 6.31. The van der Waals surface area contributed by atoms with Crippen molar-refractivity contribution >= 4 is 11.8 Å². The molecule has 1 N–H and O–H groups in total. The topological polar surface area (TPSA) is 21.3 Å². The molecule has 0 saturated carbocycles. The number of hydrogen-bond donors (Lipinski definition) is 1. The summed E-state index contributed by atoms with van der Waals surface area (Å²) in [5, 5.41) is 3.44. The third kappa shape index (κ3) is 10.2. The highest BCUT2D eigenvalue weighted by atomic mass is 32.2. The van der Waals surface area contributed by atoms with Crippen LogP contribution >= 0.6 is 11.8 Å². The summed E-state index contributed by atoms with van der Waals surface area (Å²) in [7, 11) is 0. The first kappa shape index (κ1) is 13.3. The molecule has 0 saturated heterocycles. The maximum Gasteiger partial charge on any atom is 0.0590 e. The Bertz CT molecular complexity index is 101. The van der Waals surface area contributed by atoms with Crippen LogP contribution in [0.25, 0.3) is 0 Å². The van der Waals surface area contributed by atoms with E-state index >= 15 is 0 Å². The summed E-state index contributed by atoms with van der Waals surface area (Å²) in [6.07, 6.45) is 4.51. The number of hydrogen-bond acceptors (Lipinski definition) is 3. The lowest BCUT2D eigenvalue weighted by molar-refractivity contribution is 0.134. The first-order valence-electron chi connectivity index (χ1n) is 5.11. The van der Waals surface area contributed by atoms with Crippen LogP contribution in [-0.4, -0.2) is 37.8 Å². The fourth-order valence-corrected chi connectivity index (χ4v) is 1.61. The van der Waals surface area contributed by atoms with Gasteiger partial charge in [0.05, 0.1) is 6.61 Å². The van der Waals surface area contributed by atoms with Gasteiger partial charge in [0.2, 0.25) is 0 Å². The van der Waals surface area contributed by atoms with E-state index < -0.39 is 0 Å². The van der Waals surface area contributed by atoms with Crippen molar-refractivity contribution in [3.05, 3.63) is 0 Å². The molecule has 1 unspecified atom stereocenters. The minimum absolute atomic E-state index is 0.623. The van der Waals surface area contributed by atoms with Gasteiger partial charge in [-0.1, -0.05) is 6.92 Å². The summed E-state index contributed by atoms with van der Waals surface area (Å²) in [5.74, 6) is 1.24. The Morgan fingerprint density at radius 3 is 2.77 bits per heavy atom. The predicted molar refractivity (Wildman–Crippen MR) is 61.6 cm³/mol. The molecule has 0 radical (unpaired) electrons. The molecule has 2 nitrogen and oxygen atoms in total. The monoisotopic (exact) mass is 205 g/mol. The number of thioether (sulfide) groups is 1. The van der Waals surface area contributed by atoms with Crippen LogP contribution in [0, 0.1) is 0 Å². The smallest absolute Gasteiger partial charge is 0.0590 e. The SMILES string of the molecule is CCCOCCNC(C)CCSC. The van der Waals surface area contributed by atoms with E-state index in [0.29, 0.717) is 6.04 Å². The van der Waals surface area contributed by atoms with Gasteiger partial charge in [-0.3, -0.25) is 0 Å². The highest BCUT2D eigenvalue weighted by Gasteiger charge is 1.98. The van der Waals surface area contributed by atoms with Crippen molar-refractivity contribution in [3.63, 3.8) is 0 Å². The van der Waals surface area contributed by atoms with Crippen LogP contribution < -0.4 is 5.32 Å². The fraction of sp³-hybridized carbons (Fsp3) is 1.00. The Morgan fingerprint density at radius 1 is 1.38 bits per heavy atom. The molecule has 0 aliphatic rings. The minimum Gasteiger partial charge on any atom is -0.380 e. The lowest BCUT2D eigenvalue weighted by atomic mass is 10.2. The molecule has 0 amide bonds. The van der Waals surface area contributed by atoms with Gasteiger partial charge in [0, 0.05) is 19.2 Å². The molecule has 0 heterocycles. The van der Waals surface area contributed by atoms with E-state index in [9.17, 15) is 0 Å². The van der Waals surface area contributed by atoms with Gasteiger partial charge in [-0.25, -0.2) is 0 Å². The van der Waals surface area contributed by atoms with Crippen LogP contribution in [0.2, 0.25) is 0 Å². The quantitative estimate of drug-likeness (QED) is 0.583. The van der Waals surface area contributed by atoms with Crippen LogP contribution in [-0.2, 0) is 4.74 Å². The van der Waals surface area contributed by atoms with Gasteiger partial charge in [-0.15, -0.1) is 0 Å². The van der Waals surface area contributed by atoms with Crippen molar-refractivity contribution in [2.24, 2.45) is 0 Å². The molecule has 0 aromatic heterocycles. The average Bonchev–Trinajstić information content (AvgIpc) is 2.14. The van der Waals surface area contributed by atoms with E-state index in [1.165, 1.54) is 12.2 Å². The van der Waals surface area contributed by atoms with Gasteiger partial charge in [-0.05, 0) is 31.8 Å². The summed E-state index contributed by atoms with van der Waals surface area (Å²) < 4.78 is 5.37. The Balaban J connectivity index is 3.03. The van der Waals surface area contributed by atoms with Crippen molar-refractivity contribution in [2.75, 3.05) is 31.8 Å². The molecule has 80 valence electrons. The van der Waals surface area contributed by atoms with E-state index in [0.717, 1.165) is 26.2 Å². The Morgan fingerprint density at radius 2 is 2.15 bits per heavy atom. The molecule has 3 heteroatoms. The Kier molecular flexibility index (Phi) is 10.6. The van der Waals surface area contributed by atoms with Gasteiger partial charge in [0.25, 0.3) is 0 Å². The molecule has 0 aliphatic carbocycles. The highest BCUT2D eigenvalue weighted by molar-refractivity contribution is 7.98. The molecule has 1 atom stereocenters. The zero-order valence-corrected chi connectivity index (χ0v) is 9.95. The van der Waals surface area contributed by atoms with E-state index in [-0.39, 0.29) is 0 Å². The highest BCUT2D eigenvalue weighted by Crippen LogP contribution is 1.99. The summed E-state index contributed by atoms with van der Waals surface area (Å²) in [6, 6.07) is 0.623. The second-order valence-electron chi connectivity index (χ2n) is 3.25.